The molecule has 11 heteroatoms. The van der Waals surface area contributed by atoms with Crippen LogP contribution in [0.5, 0.6) is 0 Å². The summed E-state index contributed by atoms with van der Waals surface area (Å²) in [7, 11) is -4.64. The molecule has 0 saturated heterocycles. The first-order valence-corrected chi connectivity index (χ1v) is 5.53. The topological polar surface area (TPSA) is 222 Å². The fourth-order valence-electron chi connectivity index (χ4n) is 0.856. The van der Waals surface area contributed by atoms with Crippen LogP contribution < -0.4 is 12.3 Å². The summed E-state index contributed by atoms with van der Waals surface area (Å²) in [6.45, 7) is 0. The minimum absolute atomic E-state index is 0. The molecule has 0 amide bonds. The first kappa shape index (κ1) is 22.4. The zero-order valence-corrected chi connectivity index (χ0v) is 10.5. The largest absolute Gasteiger partial charge is 0.478 e. The number of hydrogen-bond donors (Lipinski definition) is 7. The lowest BCUT2D eigenvalue weighted by atomic mass is 10.1. The molecule has 0 fully saturated rings. The van der Waals surface area contributed by atoms with Crippen molar-refractivity contribution in [1.29, 1.82) is 0 Å². The third-order valence-electron chi connectivity index (χ3n) is 1.39. The van der Waals surface area contributed by atoms with Gasteiger partial charge in [0.05, 0.1) is 11.1 Å². The van der Waals surface area contributed by atoms with Crippen molar-refractivity contribution >= 4 is 19.8 Å². The summed E-state index contributed by atoms with van der Waals surface area (Å²) in [5.74, 6) is -2.46. The Morgan fingerprint density at radius 1 is 0.842 bits per heavy atom. The van der Waals surface area contributed by atoms with Gasteiger partial charge in [-0.2, -0.15) is 0 Å². The monoisotopic (exact) mass is 298 g/mol. The summed E-state index contributed by atoms with van der Waals surface area (Å²) >= 11 is 0. The van der Waals surface area contributed by atoms with Gasteiger partial charge in [0.1, 0.15) is 0 Å². The Bertz CT molecular complexity index is 430. The number of carboxylic acid groups (broad SMARTS) is 2. The SMILES string of the molecule is N.N.O=C(O)c1ccccc1C(=O)O.O=P(O)(O)O. The van der Waals surface area contributed by atoms with Gasteiger partial charge in [-0.3, -0.25) is 0 Å². The number of benzene rings is 1. The molecule has 1 aromatic rings. The minimum atomic E-state index is -4.64. The van der Waals surface area contributed by atoms with Crippen molar-refractivity contribution in [2.24, 2.45) is 0 Å². The minimum Gasteiger partial charge on any atom is -0.478 e. The van der Waals surface area contributed by atoms with Crippen LogP contribution in [-0.4, -0.2) is 36.8 Å². The van der Waals surface area contributed by atoms with Gasteiger partial charge in [0.15, 0.2) is 0 Å². The zero-order valence-electron chi connectivity index (χ0n) is 9.63. The Kier molecular flexibility index (Phi) is 10.8. The number of phosphoric acid groups is 1. The van der Waals surface area contributed by atoms with Crippen LogP contribution in [-0.2, 0) is 4.57 Å². The molecule has 10 nitrogen and oxygen atoms in total. The molecule has 0 heterocycles. The highest BCUT2D eigenvalue weighted by molar-refractivity contribution is 7.45. The predicted molar refractivity (Wildman–Crippen MR) is 64.7 cm³/mol. The molecule has 0 aromatic heterocycles. The van der Waals surface area contributed by atoms with Crippen LogP contribution in [0.25, 0.3) is 0 Å². The number of aromatic carboxylic acids is 2. The van der Waals surface area contributed by atoms with Gasteiger partial charge in [-0.15, -0.1) is 0 Å². The Labute approximate surface area is 107 Å². The van der Waals surface area contributed by atoms with Crippen LogP contribution in [0.15, 0.2) is 24.3 Å². The zero-order chi connectivity index (χ0) is 13.6. The molecule has 1 aromatic carbocycles. The average molecular weight is 298 g/mol. The highest BCUT2D eigenvalue weighted by Gasteiger charge is 2.13. The lowest BCUT2D eigenvalue weighted by molar-refractivity contribution is 0.0651. The van der Waals surface area contributed by atoms with E-state index >= 15 is 0 Å². The summed E-state index contributed by atoms with van der Waals surface area (Å²) in [4.78, 5) is 42.5. The Morgan fingerprint density at radius 2 is 1.05 bits per heavy atom. The molecule has 0 aliphatic heterocycles. The van der Waals surface area contributed by atoms with Gasteiger partial charge in [-0.1, -0.05) is 12.1 Å². The lowest BCUT2D eigenvalue weighted by Crippen LogP contribution is -2.06. The van der Waals surface area contributed by atoms with Gasteiger partial charge in [-0.05, 0) is 12.1 Å². The van der Waals surface area contributed by atoms with Crippen molar-refractivity contribution < 1.29 is 39.0 Å². The van der Waals surface area contributed by atoms with Crippen LogP contribution >= 0.6 is 7.82 Å². The van der Waals surface area contributed by atoms with Crippen molar-refractivity contribution in [3.05, 3.63) is 35.4 Å². The summed E-state index contributed by atoms with van der Waals surface area (Å²) < 4.78 is 8.88. The maximum atomic E-state index is 10.5. The van der Waals surface area contributed by atoms with Crippen molar-refractivity contribution in [3.8, 4) is 0 Å². The Balaban J connectivity index is -0.000000320. The lowest BCUT2D eigenvalue weighted by Gasteiger charge is -1.98. The molecule has 0 aliphatic carbocycles. The number of carboxylic acids is 2. The molecular formula is C8H15N2O8P. The first-order valence-electron chi connectivity index (χ1n) is 3.97. The van der Waals surface area contributed by atoms with E-state index < -0.39 is 19.8 Å². The van der Waals surface area contributed by atoms with E-state index in [2.05, 4.69) is 0 Å². The molecule has 0 saturated carbocycles. The molecule has 0 unspecified atom stereocenters. The van der Waals surface area contributed by atoms with E-state index in [-0.39, 0.29) is 23.4 Å². The molecule has 0 spiro atoms. The molecule has 1 rings (SSSR count). The van der Waals surface area contributed by atoms with Crippen LogP contribution in [0.3, 0.4) is 0 Å². The second-order valence-electron chi connectivity index (χ2n) is 2.67. The normalized spacial score (nSPS) is 9.00. The summed E-state index contributed by atoms with van der Waals surface area (Å²) in [5.41, 5.74) is -0.380. The highest BCUT2D eigenvalue weighted by Crippen LogP contribution is 2.25. The highest BCUT2D eigenvalue weighted by atomic mass is 31.2. The van der Waals surface area contributed by atoms with Gasteiger partial charge >= 0.3 is 19.8 Å². The molecule has 11 N–H and O–H groups in total. The van der Waals surface area contributed by atoms with E-state index in [4.69, 9.17) is 29.5 Å². The third-order valence-corrected chi connectivity index (χ3v) is 1.39. The molecule has 0 radical (unpaired) electrons. The average Bonchev–Trinajstić information content (AvgIpc) is 2.15. The summed E-state index contributed by atoms with van der Waals surface area (Å²) in [6, 6.07) is 5.48. The van der Waals surface area contributed by atoms with Crippen LogP contribution in [0.1, 0.15) is 20.7 Å². The van der Waals surface area contributed by atoms with Gasteiger partial charge in [0.2, 0.25) is 0 Å². The molecule has 19 heavy (non-hydrogen) atoms. The first-order chi connectivity index (χ1) is 7.63. The summed E-state index contributed by atoms with van der Waals surface area (Å²) in [6.07, 6.45) is 0. The van der Waals surface area contributed by atoms with Crippen molar-refractivity contribution in [1.82, 2.24) is 12.3 Å². The Hall–Kier alpha value is -1.81. The smallest absolute Gasteiger partial charge is 0.466 e. The quantitative estimate of drug-likeness (QED) is 0.373. The van der Waals surface area contributed by atoms with Gasteiger partial charge < -0.3 is 37.2 Å². The van der Waals surface area contributed by atoms with E-state index in [1.807, 2.05) is 0 Å². The molecule has 110 valence electrons. The van der Waals surface area contributed by atoms with Crippen molar-refractivity contribution in [2.45, 2.75) is 0 Å². The van der Waals surface area contributed by atoms with Crippen LogP contribution in [0.2, 0.25) is 0 Å². The van der Waals surface area contributed by atoms with E-state index in [1.54, 1.807) is 0 Å². The number of carbonyl (C=O) groups is 2. The Morgan fingerprint density at radius 3 is 1.21 bits per heavy atom. The van der Waals surface area contributed by atoms with Crippen LogP contribution in [0, 0.1) is 0 Å². The fraction of sp³-hybridized carbons (Fsp3) is 0. The number of hydrogen-bond acceptors (Lipinski definition) is 5. The maximum Gasteiger partial charge on any atom is 0.466 e. The predicted octanol–water partition coefficient (Wildman–Crippen LogP) is 0.478. The molecule has 0 aliphatic rings. The summed E-state index contributed by atoms with van der Waals surface area (Å²) in [5, 5.41) is 17.1. The second kappa shape index (κ2) is 9.16. The maximum absolute atomic E-state index is 10.5. The van der Waals surface area contributed by atoms with Gasteiger partial charge in [-0.25, -0.2) is 14.2 Å². The van der Waals surface area contributed by atoms with Gasteiger partial charge in [0, 0.05) is 0 Å². The van der Waals surface area contributed by atoms with E-state index in [0.29, 0.717) is 0 Å². The van der Waals surface area contributed by atoms with Crippen LogP contribution in [0.4, 0.5) is 0 Å². The van der Waals surface area contributed by atoms with E-state index in [9.17, 15) is 9.59 Å². The number of rotatable bonds is 2. The van der Waals surface area contributed by atoms with Crippen molar-refractivity contribution in [2.75, 3.05) is 0 Å². The standard InChI is InChI=1S/C8H6O4.2H3N.H3O4P/c9-7(10)5-3-1-2-4-6(5)8(11)12;;;1-5(2,3)4/h1-4H,(H,9,10)(H,11,12);2*1H3;(H3,1,2,3,4). The molecular weight excluding hydrogens is 283 g/mol. The fourth-order valence-corrected chi connectivity index (χ4v) is 0.856. The van der Waals surface area contributed by atoms with E-state index in [0.717, 1.165) is 0 Å². The van der Waals surface area contributed by atoms with E-state index in [1.165, 1.54) is 24.3 Å². The molecule has 0 bridgehead atoms. The second-order valence-corrected chi connectivity index (χ2v) is 3.70. The molecule has 0 atom stereocenters. The van der Waals surface area contributed by atoms with Gasteiger partial charge in [0.25, 0.3) is 0 Å². The van der Waals surface area contributed by atoms with Crippen molar-refractivity contribution in [3.63, 3.8) is 0 Å². The third kappa shape index (κ3) is 11.0.